The van der Waals surface area contributed by atoms with E-state index >= 15 is 0 Å². The Morgan fingerprint density at radius 2 is 2.00 bits per heavy atom. The van der Waals surface area contributed by atoms with Crippen molar-refractivity contribution in [3.05, 3.63) is 59.4 Å². The summed E-state index contributed by atoms with van der Waals surface area (Å²) in [4.78, 5) is 16.8. The molecule has 1 atom stereocenters. The average Bonchev–Trinajstić information content (AvgIpc) is 3.28. The summed E-state index contributed by atoms with van der Waals surface area (Å²) in [5, 5.41) is 7.58. The SMILES string of the molecule is O=C(CCCc1nc(-c2ccc(Cl)cc2)no1)Nc1ccccc1OCC1CCCCO1. The van der Waals surface area contributed by atoms with Crippen LogP contribution in [-0.2, 0) is 16.0 Å². The number of aryl methyl sites for hydroxylation is 1. The molecule has 32 heavy (non-hydrogen) atoms. The molecule has 1 amide bonds. The van der Waals surface area contributed by atoms with Crippen molar-refractivity contribution in [2.45, 2.75) is 44.6 Å². The van der Waals surface area contributed by atoms with Crippen molar-refractivity contribution >= 4 is 23.2 Å². The second-order valence-corrected chi connectivity index (χ2v) is 8.15. The Hall–Kier alpha value is -2.90. The van der Waals surface area contributed by atoms with Crippen LogP contribution in [0, 0.1) is 0 Å². The fourth-order valence-electron chi connectivity index (χ4n) is 3.50. The van der Waals surface area contributed by atoms with E-state index in [-0.39, 0.29) is 12.0 Å². The minimum Gasteiger partial charge on any atom is -0.489 e. The van der Waals surface area contributed by atoms with Gasteiger partial charge < -0.3 is 19.3 Å². The van der Waals surface area contributed by atoms with Crippen LogP contribution in [0.5, 0.6) is 5.75 Å². The van der Waals surface area contributed by atoms with Gasteiger partial charge in [-0.2, -0.15) is 4.98 Å². The van der Waals surface area contributed by atoms with Crippen LogP contribution in [0.2, 0.25) is 5.02 Å². The standard InChI is InChI=1S/C24H26ClN3O4/c25-18-13-11-17(12-14-18)24-27-23(32-28-24)10-5-9-22(29)26-20-7-1-2-8-21(20)31-16-19-6-3-4-15-30-19/h1-2,7-8,11-14,19H,3-6,9-10,15-16H2,(H,26,29). The van der Waals surface area contributed by atoms with Crippen molar-refractivity contribution in [3.63, 3.8) is 0 Å². The molecule has 0 spiro atoms. The number of benzene rings is 2. The zero-order chi connectivity index (χ0) is 22.2. The second-order valence-electron chi connectivity index (χ2n) is 7.72. The quantitative estimate of drug-likeness (QED) is 0.471. The zero-order valence-electron chi connectivity index (χ0n) is 17.8. The molecule has 3 aromatic rings. The van der Waals surface area contributed by atoms with Gasteiger partial charge in [-0.1, -0.05) is 28.9 Å². The van der Waals surface area contributed by atoms with Crippen molar-refractivity contribution in [1.29, 1.82) is 0 Å². The van der Waals surface area contributed by atoms with Crippen LogP contribution in [0.4, 0.5) is 5.69 Å². The fraction of sp³-hybridized carbons (Fsp3) is 0.375. The van der Waals surface area contributed by atoms with Crippen molar-refractivity contribution < 1.29 is 18.8 Å². The smallest absolute Gasteiger partial charge is 0.226 e. The van der Waals surface area contributed by atoms with Gasteiger partial charge >= 0.3 is 0 Å². The minimum absolute atomic E-state index is 0.0904. The van der Waals surface area contributed by atoms with Gasteiger partial charge in [0.25, 0.3) is 0 Å². The molecule has 0 aliphatic carbocycles. The number of amides is 1. The highest BCUT2D eigenvalue weighted by Crippen LogP contribution is 2.25. The number of carbonyl (C=O) groups is 1. The third kappa shape index (κ3) is 6.31. The van der Waals surface area contributed by atoms with E-state index in [1.807, 2.05) is 36.4 Å². The minimum atomic E-state index is -0.0904. The van der Waals surface area contributed by atoms with E-state index in [2.05, 4.69) is 15.5 Å². The van der Waals surface area contributed by atoms with Gasteiger partial charge in [0.2, 0.25) is 17.6 Å². The van der Waals surface area contributed by atoms with Gasteiger partial charge in [0, 0.05) is 30.0 Å². The maximum atomic E-state index is 12.4. The average molecular weight is 456 g/mol. The summed E-state index contributed by atoms with van der Waals surface area (Å²) in [7, 11) is 0. The maximum Gasteiger partial charge on any atom is 0.226 e. The number of hydrogen-bond acceptors (Lipinski definition) is 6. The first-order valence-electron chi connectivity index (χ1n) is 10.9. The molecule has 1 unspecified atom stereocenters. The van der Waals surface area contributed by atoms with Gasteiger partial charge in [0.1, 0.15) is 12.4 Å². The number of aromatic nitrogens is 2. The van der Waals surface area contributed by atoms with Crippen molar-refractivity contribution in [2.24, 2.45) is 0 Å². The summed E-state index contributed by atoms with van der Waals surface area (Å²) in [6, 6.07) is 14.7. The van der Waals surface area contributed by atoms with Crippen molar-refractivity contribution in [2.75, 3.05) is 18.5 Å². The van der Waals surface area contributed by atoms with Gasteiger partial charge in [-0.25, -0.2) is 0 Å². The van der Waals surface area contributed by atoms with Gasteiger partial charge in [-0.15, -0.1) is 0 Å². The van der Waals surface area contributed by atoms with Crippen LogP contribution in [0.1, 0.15) is 38.0 Å². The summed E-state index contributed by atoms with van der Waals surface area (Å²) in [5.41, 5.74) is 1.49. The highest BCUT2D eigenvalue weighted by atomic mass is 35.5. The predicted octanol–water partition coefficient (Wildman–Crippen LogP) is 5.30. The lowest BCUT2D eigenvalue weighted by atomic mass is 10.1. The summed E-state index contributed by atoms with van der Waals surface area (Å²) in [6.45, 7) is 1.27. The van der Waals surface area contributed by atoms with Crippen LogP contribution in [-0.4, -0.2) is 35.4 Å². The molecule has 4 rings (SSSR count). The number of halogens is 1. The summed E-state index contributed by atoms with van der Waals surface area (Å²) < 4.78 is 16.9. The van der Waals surface area contributed by atoms with E-state index in [1.54, 1.807) is 12.1 Å². The van der Waals surface area contributed by atoms with Gasteiger partial charge in [0.05, 0.1) is 11.8 Å². The van der Waals surface area contributed by atoms with Crippen LogP contribution in [0.3, 0.4) is 0 Å². The van der Waals surface area contributed by atoms with E-state index in [4.69, 9.17) is 25.6 Å². The lowest BCUT2D eigenvalue weighted by Gasteiger charge is -2.23. The molecular weight excluding hydrogens is 430 g/mol. The van der Waals surface area contributed by atoms with E-state index in [1.165, 1.54) is 0 Å². The molecule has 0 bridgehead atoms. The molecule has 8 heteroatoms. The number of carbonyl (C=O) groups excluding carboxylic acids is 1. The first-order valence-corrected chi connectivity index (χ1v) is 11.3. The predicted molar refractivity (Wildman–Crippen MR) is 122 cm³/mol. The summed E-state index contributed by atoms with van der Waals surface area (Å²) >= 11 is 5.91. The molecule has 1 saturated heterocycles. The molecule has 1 N–H and O–H groups in total. The van der Waals surface area contributed by atoms with Crippen molar-refractivity contribution in [1.82, 2.24) is 10.1 Å². The first kappa shape index (κ1) is 22.3. The van der Waals surface area contributed by atoms with Crippen LogP contribution in [0.25, 0.3) is 11.4 Å². The molecule has 1 aromatic heterocycles. The lowest BCUT2D eigenvalue weighted by Crippen LogP contribution is -2.26. The molecule has 1 aliphatic heterocycles. The van der Waals surface area contributed by atoms with Crippen LogP contribution in [0.15, 0.2) is 53.1 Å². The van der Waals surface area contributed by atoms with Gasteiger partial charge in [0.15, 0.2) is 0 Å². The molecule has 2 heterocycles. The number of hydrogen-bond donors (Lipinski definition) is 1. The van der Waals surface area contributed by atoms with Crippen LogP contribution >= 0.6 is 11.6 Å². The lowest BCUT2D eigenvalue weighted by molar-refractivity contribution is -0.116. The monoisotopic (exact) mass is 455 g/mol. The largest absolute Gasteiger partial charge is 0.489 e. The van der Waals surface area contributed by atoms with E-state index in [9.17, 15) is 4.79 Å². The normalized spacial score (nSPS) is 16.0. The fourth-order valence-corrected chi connectivity index (χ4v) is 3.63. The molecule has 1 fully saturated rings. The Morgan fingerprint density at radius 3 is 2.81 bits per heavy atom. The Balaban J connectivity index is 1.24. The molecular formula is C24H26ClN3O4. The highest BCUT2D eigenvalue weighted by molar-refractivity contribution is 6.30. The molecule has 168 valence electrons. The Bertz CT molecular complexity index is 1020. The van der Waals surface area contributed by atoms with E-state index in [0.29, 0.717) is 54.0 Å². The third-order valence-electron chi connectivity index (χ3n) is 5.22. The van der Waals surface area contributed by atoms with E-state index in [0.717, 1.165) is 31.4 Å². The number of para-hydroxylation sites is 2. The number of nitrogens with one attached hydrogen (secondary N) is 1. The zero-order valence-corrected chi connectivity index (χ0v) is 18.5. The van der Waals surface area contributed by atoms with Gasteiger partial charge in [-0.05, 0) is 62.1 Å². The van der Waals surface area contributed by atoms with Crippen molar-refractivity contribution in [3.8, 4) is 17.1 Å². The maximum absolute atomic E-state index is 12.4. The molecule has 1 aliphatic rings. The number of ether oxygens (including phenoxy) is 2. The van der Waals surface area contributed by atoms with Gasteiger partial charge in [-0.3, -0.25) is 4.79 Å². The molecule has 2 aromatic carbocycles. The second kappa shape index (κ2) is 11.1. The number of nitrogens with zero attached hydrogens (tertiary/aromatic N) is 2. The highest BCUT2D eigenvalue weighted by Gasteiger charge is 2.16. The third-order valence-corrected chi connectivity index (χ3v) is 5.48. The topological polar surface area (TPSA) is 86.5 Å². The van der Waals surface area contributed by atoms with Crippen LogP contribution < -0.4 is 10.1 Å². The number of anilines is 1. The molecule has 7 nitrogen and oxygen atoms in total. The number of rotatable bonds is 9. The Kier molecular flexibility index (Phi) is 7.74. The molecule has 0 saturated carbocycles. The Morgan fingerprint density at radius 1 is 1.16 bits per heavy atom. The summed E-state index contributed by atoms with van der Waals surface area (Å²) in [6.07, 6.45) is 4.82. The first-order chi connectivity index (χ1) is 15.7. The van der Waals surface area contributed by atoms with E-state index < -0.39 is 0 Å². The Labute approximate surface area is 192 Å². The summed E-state index contributed by atoms with van der Waals surface area (Å²) in [5.74, 6) is 1.57. The molecule has 0 radical (unpaired) electrons.